The first-order valence-electron chi connectivity index (χ1n) is 9.43. The molecular formula is C22H26N2O3. The van der Waals surface area contributed by atoms with E-state index in [2.05, 4.69) is 5.32 Å². The summed E-state index contributed by atoms with van der Waals surface area (Å²) < 4.78 is 5.63. The Bertz CT molecular complexity index is 815. The number of hydrogen-bond donors (Lipinski definition) is 1. The molecule has 0 bridgehead atoms. The third-order valence-electron chi connectivity index (χ3n) is 4.61. The monoisotopic (exact) mass is 366 g/mol. The number of hydrogen-bond acceptors (Lipinski definition) is 3. The Balaban J connectivity index is 1.66. The van der Waals surface area contributed by atoms with Crippen LogP contribution in [0, 0.1) is 0 Å². The van der Waals surface area contributed by atoms with Crippen molar-refractivity contribution in [2.75, 3.05) is 4.90 Å². The fourth-order valence-corrected chi connectivity index (χ4v) is 3.34. The molecule has 27 heavy (non-hydrogen) atoms. The molecule has 0 fully saturated rings. The second-order valence-corrected chi connectivity index (χ2v) is 6.99. The molecule has 0 aromatic heterocycles. The maximum atomic E-state index is 12.8. The molecular weight excluding hydrogens is 340 g/mol. The number of carbonyl (C=O) groups is 2. The van der Waals surface area contributed by atoms with Crippen LogP contribution in [-0.4, -0.2) is 24.0 Å². The van der Waals surface area contributed by atoms with E-state index in [4.69, 9.17) is 4.74 Å². The van der Waals surface area contributed by atoms with Gasteiger partial charge in [-0.05, 0) is 43.2 Å². The van der Waals surface area contributed by atoms with Crippen LogP contribution in [0.3, 0.4) is 0 Å². The quantitative estimate of drug-likeness (QED) is 0.852. The van der Waals surface area contributed by atoms with Crippen molar-refractivity contribution >= 4 is 17.5 Å². The van der Waals surface area contributed by atoms with Crippen molar-refractivity contribution < 1.29 is 14.3 Å². The van der Waals surface area contributed by atoms with Crippen molar-refractivity contribution in [3.8, 4) is 5.75 Å². The van der Waals surface area contributed by atoms with Gasteiger partial charge < -0.3 is 10.1 Å². The summed E-state index contributed by atoms with van der Waals surface area (Å²) in [7, 11) is 0. The number of carbonyl (C=O) groups excluding carboxylic acids is 2. The summed E-state index contributed by atoms with van der Waals surface area (Å²) in [6.45, 7) is 6.20. The highest BCUT2D eigenvalue weighted by atomic mass is 16.5. The Labute approximate surface area is 160 Å². The number of nitrogens with zero attached hydrogens (tertiary/aromatic N) is 1. The van der Waals surface area contributed by atoms with Crippen LogP contribution in [-0.2, 0) is 22.6 Å². The van der Waals surface area contributed by atoms with Crippen LogP contribution in [0.4, 0.5) is 5.69 Å². The zero-order chi connectivity index (χ0) is 19.4. The van der Waals surface area contributed by atoms with Gasteiger partial charge >= 0.3 is 0 Å². The first-order valence-corrected chi connectivity index (χ1v) is 9.43. The minimum absolute atomic E-state index is 0.0321. The SMILES string of the molecule is CCC(=O)N1c2ccccc2C[C@@H]1C(=O)NCc1ccc(OC(C)C)cc1. The summed E-state index contributed by atoms with van der Waals surface area (Å²) in [5.74, 6) is 0.650. The fourth-order valence-electron chi connectivity index (χ4n) is 3.34. The molecule has 142 valence electrons. The lowest BCUT2D eigenvalue weighted by atomic mass is 10.1. The van der Waals surface area contributed by atoms with Gasteiger partial charge in [-0.3, -0.25) is 14.5 Å². The molecule has 0 saturated heterocycles. The van der Waals surface area contributed by atoms with Gasteiger partial charge in [-0.25, -0.2) is 0 Å². The number of fused-ring (bicyclic) bond motifs is 1. The van der Waals surface area contributed by atoms with Gasteiger partial charge in [0.25, 0.3) is 0 Å². The molecule has 0 saturated carbocycles. The van der Waals surface area contributed by atoms with Crippen LogP contribution in [0.1, 0.15) is 38.3 Å². The van der Waals surface area contributed by atoms with Crippen LogP contribution in [0.5, 0.6) is 5.75 Å². The number of nitrogens with one attached hydrogen (secondary N) is 1. The van der Waals surface area contributed by atoms with Crippen LogP contribution in [0.2, 0.25) is 0 Å². The summed E-state index contributed by atoms with van der Waals surface area (Å²) in [5, 5.41) is 2.97. The summed E-state index contributed by atoms with van der Waals surface area (Å²) in [6, 6.07) is 14.9. The Morgan fingerprint density at radius 1 is 1.15 bits per heavy atom. The zero-order valence-corrected chi connectivity index (χ0v) is 16.1. The van der Waals surface area contributed by atoms with E-state index in [9.17, 15) is 9.59 Å². The van der Waals surface area contributed by atoms with Gasteiger partial charge in [0, 0.05) is 25.1 Å². The molecule has 1 aliphatic rings. The largest absolute Gasteiger partial charge is 0.491 e. The summed E-state index contributed by atoms with van der Waals surface area (Å²) >= 11 is 0. The minimum atomic E-state index is -0.488. The van der Waals surface area contributed by atoms with Crippen molar-refractivity contribution in [1.82, 2.24) is 5.32 Å². The van der Waals surface area contributed by atoms with Crippen LogP contribution < -0.4 is 15.0 Å². The second kappa shape index (κ2) is 8.25. The van der Waals surface area contributed by atoms with E-state index in [0.717, 1.165) is 22.6 Å². The van der Waals surface area contributed by atoms with Crippen LogP contribution >= 0.6 is 0 Å². The lowest BCUT2D eigenvalue weighted by molar-refractivity contribution is -0.126. The molecule has 0 spiro atoms. The first-order chi connectivity index (χ1) is 13.0. The molecule has 5 heteroatoms. The number of benzene rings is 2. The topological polar surface area (TPSA) is 58.6 Å². The molecule has 1 N–H and O–H groups in total. The molecule has 1 aliphatic heterocycles. The minimum Gasteiger partial charge on any atom is -0.491 e. The molecule has 1 heterocycles. The van der Waals surface area contributed by atoms with E-state index < -0.39 is 6.04 Å². The summed E-state index contributed by atoms with van der Waals surface area (Å²) in [5.41, 5.74) is 2.87. The molecule has 2 amide bonds. The van der Waals surface area contributed by atoms with Crippen LogP contribution in [0.15, 0.2) is 48.5 Å². The number of amides is 2. The number of rotatable bonds is 6. The van der Waals surface area contributed by atoms with Crippen molar-refractivity contribution in [2.24, 2.45) is 0 Å². The Morgan fingerprint density at radius 2 is 1.85 bits per heavy atom. The summed E-state index contributed by atoms with van der Waals surface area (Å²) in [4.78, 5) is 26.9. The normalized spacial score (nSPS) is 15.6. The molecule has 2 aromatic rings. The molecule has 0 radical (unpaired) electrons. The Morgan fingerprint density at radius 3 is 2.52 bits per heavy atom. The first kappa shape index (κ1) is 19.0. The second-order valence-electron chi connectivity index (χ2n) is 6.99. The molecule has 3 rings (SSSR count). The van der Waals surface area contributed by atoms with E-state index in [-0.39, 0.29) is 17.9 Å². The van der Waals surface area contributed by atoms with E-state index in [0.29, 0.717) is 19.4 Å². The third kappa shape index (κ3) is 4.30. The number of para-hydroxylation sites is 1. The molecule has 2 aromatic carbocycles. The van der Waals surface area contributed by atoms with Crippen molar-refractivity contribution in [1.29, 1.82) is 0 Å². The predicted molar refractivity (Wildman–Crippen MR) is 106 cm³/mol. The van der Waals surface area contributed by atoms with Crippen LogP contribution in [0.25, 0.3) is 0 Å². The van der Waals surface area contributed by atoms with E-state index >= 15 is 0 Å². The zero-order valence-electron chi connectivity index (χ0n) is 16.1. The van der Waals surface area contributed by atoms with E-state index in [1.54, 1.807) is 4.90 Å². The van der Waals surface area contributed by atoms with Gasteiger partial charge in [0.05, 0.1) is 6.10 Å². The van der Waals surface area contributed by atoms with Crippen molar-refractivity contribution in [3.05, 3.63) is 59.7 Å². The standard InChI is InChI=1S/C22H26N2O3/c1-4-21(25)24-19-8-6-5-7-17(19)13-20(24)22(26)23-14-16-9-11-18(12-10-16)27-15(2)3/h5-12,15,20H,4,13-14H2,1-3H3,(H,23,26)/t20-/m1/s1. The fraction of sp³-hybridized carbons (Fsp3) is 0.364. The average molecular weight is 366 g/mol. The van der Waals surface area contributed by atoms with E-state index in [1.807, 2.05) is 69.3 Å². The third-order valence-corrected chi connectivity index (χ3v) is 4.61. The Hall–Kier alpha value is -2.82. The summed E-state index contributed by atoms with van der Waals surface area (Å²) in [6.07, 6.45) is 1.05. The van der Waals surface area contributed by atoms with Gasteiger partial charge in [-0.1, -0.05) is 37.3 Å². The Kier molecular flexibility index (Phi) is 5.79. The lowest BCUT2D eigenvalue weighted by Crippen LogP contribution is -2.47. The van der Waals surface area contributed by atoms with Gasteiger partial charge in [0.15, 0.2) is 0 Å². The predicted octanol–water partition coefficient (Wildman–Crippen LogP) is 3.46. The smallest absolute Gasteiger partial charge is 0.243 e. The molecule has 0 unspecified atom stereocenters. The lowest BCUT2D eigenvalue weighted by Gasteiger charge is -2.24. The van der Waals surface area contributed by atoms with Crippen molar-refractivity contribution in [2.45, 2.75) is 52.3 Å². The number of ether oxygens (including phenoxy) is 1. The highest BCUT2D eigenvalue weighted by Crippen LogP contribution is 2.32. The van der Waals surface area contributed by atoms with Gasteiger partial charge in [0.2, 0.25) is 11.8 Å². The maximum absolute atomic E-state index is 12.8. The van der Waals surface area contributed by atoms with Gasteiger partial charge in [0.1, 0.15) is 11.8 Å². The highest BCUT2D eigenvalue weighted by Gasteiger charge is 2.37. The van der Waals surface area contributed by atoms with Crippen molar-refractivity contribution in [3.63, 3.8) is 0 Å². The maximum Gasteiger partial charge on any atom is 0.243 e. The molecule has 1 atom stereocenters. The van der Waals surface area contributed by atoms with Gasteiger partial charge in [-0.15, -0.1) is 0 Å². The number of anilines is 1. The molecule has 0 aliphatic carbocycles. The van der Waals surface area contributed by atoms with Gasteiger partial charge in [-0.2, -0.15) is 0 Å². The highest BCUT2D eigenvalue weighted by molar-refractivity contribution is 6.03. The average Bonchev–Trinajstić information content (AvgIpc) is 3.06. The molecule has 5 nitrogen and oxygen atoms in total. The van der Waals surface area contributed by atoms with E-state index in [1.165, 1.54) is 0 Å².